The fraction of sp³-hybridized carbons (Fsp3) is 0.350. The fourth-order valence-electron chi connectivity index (χ4n) is 2.54. The number of carbonyl (C=O) groups is 1. The van der Waals surface area contributed by atoms with Crippen LogP contribution in [0.4, 0.5) is 0 Å². The van der Waals surface area contributed by atoms with Gasteiger partial charge in [0, 0.05) is 12.8 Å². The first-order valence-electron chi connectivity index (χ1n) is 8.23. The van der Waals surface area contributed by atoms with E-state index in [9.17, 15) is 9.90 Å². The molecule has 2 atom stereocenters. The number of hydrogen-bond acceptors (Lipinski definition) is 3. The number of benzene rings is 2. The fourth-order valence-corrected chi connectivity index (χ4v) is 2.54. The molecule has 4 heteroatoms. The number of aryl methyl sites for hydroxylation is 1. The summed E-state index contributed by atoms with van der Waals surface area (Å²) in [5.41, 5.74) is 2.12. The van der Waals surface area contributed by atoms with Crippen molar-refractivity contribution >= 4 is 5.91 Å². The lowest BCUT2D eigenvalue weighted by Gasteiger charge is -2.20. The minimum atomic E-state index is -0.604. The smallest absolute Gasteiger partial charge is 0.220 e. The van der Waals surface area contributed by atoms with E-state index in [4.69, 9.17) is 4.74 Å². The quantitative estimate of drug-likeness (QED) is 0.784. The van der Waals surface area contributed by atoms with Crippen LogP contribution in [0.1, 0.15) is 24.5 Å². The Hall–Kier alpha value is -2.33. The van der Waals surface area contributed by atoms with Gasteiger partial charge in [-0.05, 0) is 36.6 Å². The van der Waals surface area contributed by atoms with Gasteiger partial charge in [-0.2, -0.15) is 0 Å². The SMILES string of the molecule is COc1cccc(CCC(=O)NC(C)C(O)Cc2ccccc2)c1. The molecule has 0 bridgehead atoms. The molecule has 128 valence electrons. The summed E-state index contributed by atoms with van der Waals surface area (Å²) < 4.78 is 5.18. The molecule has 0 fully saturated rings. The minimum Gasteiger partial charge on any atom is -0.497 e. The molecule has 0 aliphatic heterocycles. The standard InChI is InChI=1S/C20H25NO3/c1-15(19(22)14-16-7-4-3-5-8-16)21-20(23)12-11-17-9-6-10-18(13-17)24-2/h3-10,13,15,19,22H,11-12,14H2,1-2H3,(H,21,23). The number of carbonyl (C=O) groups excluding carboxylic acids is 1. The van der Waals surface area contributed by atoms with Crippen LogP contribution in [-0.4, -0.2) is 30.3 Å². The van der Waals surface area contributed by atoms with Gasteiger partial charge in [0.1, 0.15) is 5.75 Å². The number of nitrogens with one attached hydrogen (secondary N) is 1. The van der Waals surface area contributed by atoms with Crippen LogP contribution in [0.3, 0.4) is 0 Å². The minimum absolute atomic E-state index is 0.0579. The summed E-state index contributed by atoms with van der Waals surface area (Å²) in [6.45, 7) is 1.83. The van der Waals surface area contributed by atoms with E-state index < -0.39 is 6.10 Å². The second-order valence-corrected chi connectivity index (χ2v) is 5.96. The summed E-state index contributed by atoms with van der Waals surface area (Å²) in [5, 5.41) is 13.1. The molecule has 4 nitrogen and oxygen atoms in total. The third-order valence-corrected chi connectivity index (χ3v) is 4.03. The van der Waals surface area contributed by atoms with Gasteiger partial charge in [0.15, 0.2) is 0 Å². The summed E-state index contributed by atoms with van der Waals surface area (Å²) in [6, 6.07) is 17.2. The average Bonchev–Trinajstić information content (AvgIpc) is 2.61. The van der Waals surface area contributed by atoms with E-state index >= 15 is 0 Å². The molecular formula is C20H25NO3. The lowest BCUT2D eigenvalue weighted by molar-refractivity contribution is -0.122. The highest BCUT2D eigenvalue weighted by Gasteiger charge is 2.17. The van der Waals surface area contributed by atoms with Crippen LogP contribution in [0.15, 0.2) is 54.6 Å². The zero-order chi connectivity index (χ0) is 17.4. The zero-order valence-corrected chi connectivity index (χ0v) is 14.2. The summed E-state index contributed by atoms with van der Waals surface area (Å²) >= 11 is 0. The number of ether oxygens (including phenoxy) is 1. The van der Waals surface area contributed by atoms with Crippen molar-refractivity contribution in [1.29, 1.82) is 0 Å². The lowest BCUT2D eigenvalue weighted by atomic mass is 10.0. The third kappa shape index (κ3) is 5.70. The van der Waals surface area contributed by atoms with Gasteiger partial charge in [-0.25, -0.2) is 0 Å². The Kier molecular flexibility index (Phi) is 6.82. The Bertz CT molecular complexity index is 642. The van der Waals surface area contributed by atoms with E-state index in [0.29, 0.717) is 19.3 Å². The second-order valence-electron chi connectivity index (χ2n) is 5.96. The molecule has 0 aliphatic carbocycles. The third-order valence-electron chi connectivity index (χ3n) is 4.03. The van der Waals surface area contributed by atoms with Gasteiger partial charge in [-0.3, -0.25) is 4.79 Å². The summed E-state index contributed by atoms with van der Waals surface area (Å²) in [6.07, 6.45) is 0.950. The van der Waals surface area contributed by atoms with Crippen molar-refractivity contribution in [3.05, 3.63) is 65.7 Å². The number of rotatable bonds is 8. The van der Waals surface area contributed by atoms with Crippen LogP contribution in [0, 0.1) is 0 Å². The van der Waals surface area contributed by atoms with E-state index in [1.807, 2.05) is 61.5 Å². The molecule has 0 saturated heterocycles. The molecule has 1 amide bonds. The Labute approximate surface area is 143 Å². The van der Waals surface area contributed by atoms with Crippen LogP contribution in [0.5, 0.6) is 5.75 Å². The van der Waals surface area contributed by atoms with Crippen molar-refractivity contribution in [1.82, 2.24) is 5.32 Å². The summed E-state index contributed by atoms with van der Waals surface area (Å²) in [5.74, 6) is 0.733. The molecule has 0 spiro atoms. The molecule has 0 radical (unpaired) electrons. The highest BCUT2D eigenvalue weighted by atomic mass is 16.5. The summed E-state index contributed by atoms with van der Waals surface area (Å²) in [4.78, 5) is 12.1. The van der Waals surface area contributed by atoms with Crippen molar-refractivity contribution in [3.8, 4) is 5.75 Å². The van der Waals surface area contributed by atoms with Gasteiger partial charge in [0.2, 0.25) is 5.91 Å². The first kappa shape index (κ1) is 18.0. The van der Waals surface area contributed by atoms with Crippen molar-refractivity contribution in [2.75, 3.05) is 7.11 Å². The molecule has 24 heavy (non-hydrogen) atoms. The maximum Gasteiger partial charge on any atom is 0.220 e. The van der Waals surface area contributed by atoms with E-state index in [1.165, 1.54) is 0 Å². The van der Waals surface area contributed by atoms with Gasteiger partial charge in [-0.15, -0.1) is 0 Å². The Morgan fingerprint density at radius 2 is 1.83 bits per heavy atom. The molecule has 0 aliphatic rings. The van der Waals surface area contributed by atoms with Gasteiger partial charge in [0.05, 0.1) is 19.3 Å². The monoisotopic (exact) mass is 327 g/mol. The van der Waals surface area contributed by atoms with Crippen LogP contribution in [0.2, 0.25) is 0 Å². The molecule has 2 aromatic rings. The van der Waals surface area contributed by atoms with Crippen molar-refractivity contribution in [2.45, 2.75) is 38.3 Å². The van der Waals surface area contributed by atoms with E-state index in [0.717, 1.165) is 16.9 Å². The highest BCUT2D eigenvalue weighted by molar-refractivity contribution is 5.76. The topological polar surface area (TPSA) is 58.6 Å². The average molecular weight is 327 g/mol. The summed E-state index contributed by atoms with van der Waals surface area (Å²) in [7, 11) is 1.63. The molecule has 2 N–H and O–H groups in total. The van der Waals surface area contributed by atoms with E-state index in [2.05, 4.69) is 5.32 Å². The molecule has 2 unspecified atom stereocenters. The predicted molar refractivity (Wildman–Crippen MR) is 95.1 cm³/mol. The van der Waals surface area contributed by atoms with Gasteiger partial charge in [-0.1, -0.05) is 42.5 Å². The first-order valence-corrected chi connectivity index (χ1v) is 8.23. The maximum atomic E-state index is 12.1. The van der Waals surface area contributed by atoms with E-state index in [-0.39, 0.29) is 11.9 Å². The normalized spacial score (nSPS) is 13.1. The second kappa shape index (κ2) is 9.08. The van der Waals surface area contributed by atoms with Crippen molar-refractivity contribution in [2.24, 2.45) is 0 Å². The molecular weight excluding hydrogens is 302 g/mol. The van der Waals surface area contributed by atoms with Crippen LogP contribution in [-0.2, 0) is 17.6 Å². The Morgan fingerprint density at radius 1 is 1.12 bits per heavy atom. The van der Waals surface area contributed by atoms with Crippen molar-refractivity contribution in [3.63, 3.8) is 0 Å². The number of aliphatic hydroxyl groups is 1. The zero-order valence-electron chi connectivity index (χ0n) is 14.2. The Balaban J connectivity index is 1.78. The molecule has 0 heterocycles. The maximum absolute atomic E-state index is 12.1. The highest BCUT2D eigenvalue weighted by Crippen LogP contribution is 2.14. The first-order chi connectivity index (χ1) is 11.6. The van der Waals surface area contributed by atoms with Crippen molar-refractivity contribution < 1.29 is 14.6 Å². The van der Waals surface area contributed by atoms with Gasteiger partial charge < -0.3 is 15.2 Å². The molecule has 2 rings (SSSR count). The van der Waals surface area contributed by atoms with Crippen LogP contribution < -0.4 is 10.1 Å². The number of amides is 1. The lowest BCUT2D eigenvalue weighted by Crippen LogP contribution is -2.42. The number of methoxy groups -OCH3 is 1. The molecule has 0 aromatic heterocycles. The van der Waals surface area contributed by atoms with Crippen LogP contribution >= 0.6 is 0 Å². The molecule has 0 saturated carbocycles. The number of aliphatic hydroxyl groups excluding tert-OH is 1. The largest absolute Gasteiger partial charge is 0.497 e. The predicted octanol–water partition coefficient (Wildman–Crippen LogP) is 2.74. The van der Waals surface area contributed by atoms with Gasteiger partial charge in [0.25, 0.3) is 0 Å². The number of hydrogen-bond donors (Lipinski definition) is 2. The Morgan fingerprint density at radius 3 is 2.54 bits per heavy atom. The van der Waals surface area contributed by atoms with Crippen LogP contribution in [0.25, 0.3) is 0 Å². The molecule has 2 aromatic carbocycles. The van der Waals surface area contributed by atoms with Gasteiger partial charge >= 0.3 is 0 Å². The van der Waals surface area contributed by atoms with E-state index in [1.54, 1.807) is 7.11 Å².